The number of aromatic nitrogens is 1. The van der Waals surface area contributed by atoms with E-state index >= 15 is 0 Å². The fourth-order valence-electron chi connectivity index (χ4n) is 2.43. The molecule has 1 saturated heterocycles. The molecule has 0 atom stereocenters. The van der Waals surface area contributed by atoms with Crippen LogP contribution in [0.3, 0.4) is 0 Å². The van der Waals surface area contributed by atoms with Gasteiger partial charge in [0.15, 0.2) is 5.76 Å². The molecule has 1 aromatic heterocycles. The zero-order chi connectivity index (χ0) is 15.1. The first-order valence-corrected chi connectivity index (χ1v) is 6.83. The van der Waals surface area contributed by atoms with Crippen LogP contribution < -0.4 is 5.32 Å². The maximum atomic E-state index is 12.8. The van der Waals surface area contributed by atoms with E-state index < -0.39 is 5.54 Å². The summed E-state index contributed by atoms with van der Waals surface area (Å²) >= 11 is 0. The van der Waals surface area contributed by atoms with Gasteiger partial charge in [0.05, 0.1) is 5.69 Å². The van der Waals surface area contributed by atoms with E-state index in [4.69, 9.17) is 4.52 Å². The van der Waals surface area contributed by atoms with Crippen molar-refractivity contribution >= 4 is 11.8 Å². The summed E-state index contributed by atoms with van der Waals surface area (Å²) in [5, 5.41) is 6.68. The Kier molecular flexibility index (Phi) is 3.58. The van der Waals surface area contributed by atoms with Crippen LogP contribution >= 0.6 is 0 Å². The number of hydrogen-bond acceptors (Lipinski definition) is 4. The van der Waals surface area contributed by atoms with Gasteiger partial charge in [-0.05, 0) is 20.8 Å². The summed E-state index contributed by atoms with van der Waals surface area (Å²) in [7, 11) is 0. The van der Waals surface area contributed by atoms with Gasteiger partial charge in [-0.3, -0.25) is 9.59 Å². The van der Waals surface area contributed by atoms with Crippen LogP contribution in [0, 0.1) is 6.92 Å². The number of rotatable bonds is 2. The topological polar surface area (TPSA) is 75.4 Å². The van der Waals surface area contributed by atoms with E-state index in [-0.39, 0.29) is 17.7 Å². The second-order valence-electron chi connectivity index (χ2n) is 5.93. The third-order valence-electron chi connectivity index (χ3n) is 3.72. The SMILES string of the molecule is Cc1noc(C(C)C)c1C(=O)N1CCNC(=O)C1(C)C. The van der Waals surface area contributed by atoms with Gasteiger partial charge < -0.3 is 14.7 Å². The molecule has 1 aromatic rings. The number of carbonyl (C=O) groups excluding carboxylic acids is 2. The van der Waals surface area contributed by atoms with E-state index in [2.05, 4.69) is 10.5 Å². The lowest BCUT2D eigenvalue weighted by molar-refractivity contribution is -0.133. The molecule has 1 aliphatic rings. The highest BCUT2D eigenvalue weighted by molar-refractivity contribution is 6.01. The molecule has 0 spiro atoms. The molecule has 2 rings (SSSR count). The summed E-state index contributed by atoms with van der Waals surface area (Å²) in [6.45, 7) is 10.1. The van der Waals surface area contributed by atoms with Crippen molar-refractivity contribution in [2.24, 2.45) is 0 Å². The molecule has 0 bridgehead atoms. The highest BCUT2D eigenvalue weighted by atomic mass is 16.5. The second kappa shape index (κ2) is 4.92. The Morgan fingerprint density at radius 2 is 2.10 bits per heavy atom. The Balaban J connectivity index is 2.41. The van der Waals surface area contributed by atoms with Crippen molar-refractivity contribution in [1.29, 1.82) is 0 Å². The Morgan fingerprint density at radius 3 is 2.70 bits per heavy atom. The van der Waals surface area contributed by atoms with E-state index in [1.54, 1.807) is 25.7 Å². The van der Waals surface area contributed by atoms with Gasteiger partial charge in [-0.25, -0.2) is 0 Å². The molecule has 0 saturated carbocycles. The summed E-state index contributed by atoms with van der Waals surface area (Å²) in [5.74, 6) is 0.316. The number of nitrogens with one attached hydrogen (secondary N) is 1. The molecule has 20 heavy (non-hydrogen) atoms. The molecule has 1 N–H and O–H groups in total. The Hall–Kier alpha value is -1.85. The van der Waals surface area contributed by atoms with Crippen LogP contribution in [-0.4, -0.2) is 40.5 Å². The summed E-state index contributed by atoms with van der Waals surface area (Å²) in [5.41, 5.74) is 0.191. The van der Waals surface area contributed by atoms with Gasteiger partial charge in [-0.15, -0.1) is 0 Å². The Bertz CT molecular complexity index is 546. The third-order valence-corrected chi connectivity index (χ3v) is 3.72. The van der Waals surface area contributed by atoms with Crippen LogP contribution in [0.2, 0.25) is 0 Å². The lowest BCUT2D eigenvalue weighted by Crippen LogP contribution is -2.63. The van der Waals surface area contributed by atoms with E-state index in [0.717, 1.165) is 0 Å². The maximum absolute atomic E-state index is 12.8. The highest BCUT2D eigenvalue weighted by Gasteiger charge is 2.42. The number of hydrogen-bond donors (Lipinski definition) is 1. The molecule has 1 aliphatic heterocycles. The first-order chi connectivity index (χ1) is 9.26. The molecule has 0 aliphatic carbocycles. The van der Waals surface area contributed by atoms with Crippen molar-refractivity contribution in [3.8, 4) is 0 Å². The number of aryl methyl sites for hydroxylation is 1. The molecule has 2 amide bonds. The van der Waals surface area contributed by atoms with Crippen LogP contribution in [0.25, 0.3) is 0 Å². The minimum absolute atomic E-state index is 0.0666. The van der Waals surface area contributed by atoms with E-state index in [9.17, 15) is 9.59 Å². The molecule has 1 fully saturated rings. The van der Waals surface area contributed by atoms with Crippen molar-refractivity contribution in [3.63, 3.8) is 0 Å². The van der Waals surface area contributed by atoms with Crippen molar-refractivity contribution in [3.05, 3.63) is 17.0 Å². The lowest BCUT2D eigenvalue weighted by Gasteiger charge is -2.41. The molecule has 0 unspecified atom stereocenters. The third kappa shape index (κ3) is 2.19. The molecule has 2 heterocycles. The second-order valence-corrected chi connectivity index (χ2v) is 5.93. The normalized spacial score (nSPS) is 18.3. The molecular weight excluding hydrogens is 258 g/mol. The summed E-state index contributed by atoms with van der Waals surface area (Å²) in [4.78, 5) is 26.4. The van der Waals surface area contributed by atoms with Crippen LogP contribution in [0.4, 0.5) is 0 Å². The van der Waals surface area contributed by atoms with Crippen LogP contribution in [0.15, 0.2) is 4.52 Å². The zero-order valence-electron chi connectivity index (χ0n) is 12.6. The summed E-state index contributed by atoms with van der Waals surface area (Å²) < 4.78 is 5.27. The predicted octanol–water partition coefficient (Wildman–Crippen LogP) is 1.46. The largest absolute Gasteiger partial charge is 0.360 e. The van der Waals surface area contributed by atoms with Crippen molar-refractivity contribution < 1.29 is 14.1 Å². The number of amides is 2. The van der Waals surface area contributed by atoms with Crippen LogP contribution in [0.1, 0.15) is 55.4 Å². The van der Waals surface area contributed by atoms with Crippen molar-refractivity contribution in [2.45, 2.75) is 46.1 Å². The fraction of sp³-hybridized carbons (Fsp3) is 0.643. The van der Waals surface area contributed by atoms with Crippen molar-refractivity contribution in [1.82, 2.24) is 15.4 Å². The minimum atomic E-state index is -0.868. The Morgan fingerprint density at radius 1 is 1.45 bits per heavy atom. The van der Waals surface area contributed by atoms with Gasteiger partial charge in [0, 0.05) is 19.0 Å². The average molecular weight is 279 g/mol. The quantitative estimate of drug-likeness (QED) is 0.889. The minimum Gasteiger partial charge on any atom is -0.360 e. The molecule has 6 nitrogen and oxygen atoms in total. The van der Waals surface area contributed by atoms with Crippen LogP contribution in [-0.2, 0) is 4.79 Å². The Labute approximate surface area is 118 Å². The summed E-state index contributed by atoms with van der Waals surface area (Å²) in [6.07, 6.45) is 0. The van der Waals surface area contributed by atoms with E-state index in [1.165, 1.54) is 0 Å². The van der Waals surface area contributed by atoms with Gasteiger partial charge in [0.1, 0.15) is 11.1 Å². The first kappa shape index (κ1) is 14.6. The van der Waals surface area contributed by atoms with Crippen molar-refractivity contribution in [2.75, 3.05) is 13.1 Å². The fourth-order valence-corrected chi connectivity index (χ4v) is 2.43. The van der Waals surface area contributed by atoms with Gasteiger partial charge in [-0.2, -0.15) is 0 Å². The monoisotopic (exact) mass is 279 g/mol. The zero-order valence-corrected chi connectivity index (χ0v) is 12.6. The van der Waals surface area contributed by atoms with Gasteiger partial charge >= 0.3 is 0 Å². The number of nitrogens with zero attached hydrogens (tertiary/aromatic N) is 2. The first-order valence-electron chi connectivity index (χ1n) is 6.83. The van der Waals surface area contributed by atoms with Gasteiger partial charge in [0.25, 0.3) is 5.91 Å². The molecule has 0 radical (unpaired) electrons. The van der Waals surface area contributed by atoms with Crippen LogP contribution in [0.5, 0.6) is 0 Å². The molecule has 110 valence electrons. The molecular formula is C14H21N3O3. The highest BCUT2D eigenvalue weighted by Crippen LogP contribution is 2.27. The standard InChI is InChI=1S/C14H21N3O3/c1-8(2)11-10(9(3)16-20-11)12(18)17-7-6-15-13(19)14(17,4)5/h8H,6-7H2,1-5H3,(H,15,19). The maximum Gasteiger partial charge on any atom is 0.260 e. The smallest absolute Gasteiger partial charge is 0.260 e. The predicted molar refractivity (Wildman–Crippen MR) is 73.5 cm³/mol. The number of piperazine rings is 1. The summed E-state index contributed by atoms with van der Waals surface area (Å²) in [6, 6.07) is 0. The molecule has 6 heteroatoms. The van der Waals surface area contributed by atoms with Gasteiger partial charge in [-0.1, -0.05) is 19.0 Å². The van der Waals surface area contributed by atoms with Gasteiger partial charge in [0.2, 0.25) is 5.91 Å². The lowest BCUT2D eigenvalue weighted by atomic mass is 9.96. The molecule has 0 aromatic carbocycles. The number of carbonyl (C=O) groups is 2. The van der Waals surface area contributed by atoms with E-state index in [1.807, 2.05) is 13.8 Å². The average Bonchev–Trinajstić information content (AvgIpc) is 2.74. The van der Waals surface area contributed by atoms with E-state index in [0.29, 0.717) is 30.1 Å².